The van der Waals surface area contributed by atoms with E-state index < -0.39 is 69.3 Å². The number of nitrogens with one attached hydrogen (secondary N) is 3. The zero-order valence-corrected chi connectivity index (χ0v) is 47.4. The Bertz CT molecular complexity index is 2210. The van der Waals surface area contributed by atoms with Gasteiger partial charge in [-0.15, -0.1) is 0 Å². The number of aliphatic hydroxyl groups is 2. The summed E-state index contributed by atoms with van der Waals surface area (Å²) in [6, 6.07) is 24.2. The number of alkyl carbamates (subject to hydrolysis) is 2. The molecule has 2 saturated heterocycles. The van der Waals surface area contributed by atoms with Crippen molar-refractivity contribution in [2.24, 2.45) is 11.8 Å². The lowest BCUT2D eigenvalue weighted by atomic mass is 9.96. The second-order valence-electron chi connectivity index (χ2n) is 22.0. The summed E-state index contributed by atoms with van der Waals surface area (Å²) < 4.78 is 68.4. The van der Waals surface area contributed by atoms with Gasteiger partial charge in [0, 0.05) is 32.5 Å². The van der Waals surface area contributed by atoms with Crippen molar-refractivity contribution < 1.29 is 61.4 Å². The van der Waals surface area contributed by atoms with Crippen molar-refractivity contribution in [2.75, 3.05) is 59.7 Å². The molecule has 0 aliphatic carbocycles. The molecule has 2 fully saturated rings. The third-order valence-electron chi connectivity index (χ3n) is 13.2. The fourth-order valence-corrected chi connectivity index (χ4v) is 10.3. The van der Waals surface area contributed by atoms with Crippen molar-refractivity contribution >= 4 is 22.2 Å². The Morgan fingerprint density at radius 1 is 0.640 bits per heavy atom. The molecule has 2 aliphatic rings. The molecule has 0 bridgehead atoms. The SMILES string of the molecule is CCC(CCC1(C)OCCO1)CN(C[C@@H](O)[C@H](Cc1ccccc1)NC(=O)OC(C)(C)C)S(=O)(=O)c1ccc(OC)cc1.CCC(CCC1(C)OCCO1)CNC[C@@H](O)[C@H](Cc1ccccc1)NC(=O)OC(C)(C)C. The molecular formula is C57H90N4O13S. The summed E-state index contributed by atoms with van der Waals surface area (Å²) in [4.78, 5) is 25.2. The number of nitrogens with zero attached hydrogens (tertiary/aromatic N) is 1. The number of aliphatic hydroxyl groups excluding tert-OH is 2. The lowest BCUT2D eigenvalue weighted by molar-refractivity contribution is -0.149. The molecule has 422 valence electrons. The summed E-state index contributed by atoms with van der Waals surface area (Å²) in [7, 11) is -2.52. The Morgan fingerprint density at radius 2 is 1.07 bits per heavy atom. The molecule has 17 nitrogen and oxygen atoms in total. The van der Waals surface area contributed by atoms with E-state index >= 15 is 0 Å². The van der Waals surface area contributed by atoms with E-state index in [9.17, 15) is 28.2 Å². The van der Waals surface area contributed by atoms with Gasteiger partial charge in [0.25, 0.3) is 0 Å². The number of hydrogen-bond acceptors (Lipinski definition) is 14. The van der Waals surface area contributed by atoms with E-state index in [4.69, 9.17) is 33.2 Å². The smallest absolute Gasteiger partial charge is 0.407 e. The molecule has 2 unspecified atom stereocenters. The highest BCUT2D eigenvalue weighted by Crippen LogP contribution is 2.30. The largest absolute Gasteiger partial charge is 0.497 e. The number of rotatable bonds is 27. The molecule has 0 radical (unpaired) electrons. The molecule has 2 heterocycles. The number of ether oxygens (including phenoxy) is 7. The number of sulfonamides is 1. The van der Waals surface area contributed by atoms with Crippen LogP contribution in [0.25, 0.3) is 0 Å². The monoisotopic (exact) mass is 1070 g/mol. The summed E-state index contributed by atoms with van der Waals surface area (Å²) >= 11 is 0. The van der Waals surface area contributed by atoms with E-state index in [-0.39, 0.29) is 30.3 Å². The lowest BCUT2D eigenvalue weighted by Gasteiger charge is -2.33. The summed E-state index contributed by atoms with van der Waals surface area (Å²) in [5.41, 5.74) is 0.586. The van der Waals surface area contributed by atoms with Gasteiger partial charge in [0.05, 0.1) is 62.7 Å². The van der Waals surface area contributed by atoms with Crippen LogP contribution in [0, 0.1) is 11.8 Å². The van der Waals surface area contributed by atoms with Gasteiger partial charge in [-0.25, -0.2) is 18.0 Å². The fraction of sp³-hybridized carbons (Fsp3) is 0.649. The van der Waals surface area contributed by atoms with Crippen LogP contribution >= 0.6 is 0 Å². The zero-order valence-electron chi connectivity index (χ0n) is 46.6. The first-order valence-corrected chi connectivity index (χ1v) is 28.1. The standard InChI is InChI=1S/C32H48N2O8S.C25H42N2O5/c1-7-24(17-18-32(5)40-19-20-41-32)22-34(43(37,38)27-15-13-26(39-6)14-16-27)23-29(35)28(21-25-11-9-8-10-12-25)33-30(36)42-31(2,3)4;1-6-19(12-13-25(5)30-14-15-31-25)17-26-18-22(28)21(16-20-10-8-7-9-11-20)27-23(29)32-24(2,3)4/h8-16,24,28-29,35H,7,17-23H2,1-6H3,(H,33,36);7-11,19,21-22,26,28H,6,12-18H2,1-5H3,(H,27,29)/t24?,28-,29+;19?,21-,22+/m00/s1. The molecule has 0 spiro atoms. The fourth-order valence-electron chi connectivity index (χ4n) is 8.80. The van der Waals surface area contributed by atoms with E-state index in [2.05, 4.69) is 22.9 Å². The Morgan fingerprint density at radius 3 is 1.48 bits per heavy atom. The number of carbonyl (C=O) groups is 2. The first-order chi connectivity index (χ1) is 35.3. The van der Waals surface area contributed by atoms with Crippen molar-refractivity contribution in [2.45, 2.75) is 173 Å². The van der Waals surface area contributed by atoms with Crippen LogP contribution in [0.4, 0.5) is 9.59 Å². The maximum Gasteiger partial charge on any atom is 0.407 e. The summed E-state index contributed by atoms with van der Waals surface area (Å²) in [5.74, 6) is -0.198. The van der Waals surface area contributed by atoms with Gasteiger partial charge in [-0.1, -0.05) is 87.4 Å². The van der Waals surface area contributed by atoms with Crippen LogP contribution in [0.2, 0.25) is 0 Å². The van der Waals surface area contributed by atoms with Gasteiger partial charge in [-0.3, -0.25) is 0 Å². The third-order valence-corrected chi connectivity index (χ3v) is 15.1. The number of methoxy groups -OCH3 is 1. The molecule has 0 aromatic heterocycles. The summed E-state index contributed by atoms with van der Waals surface area (Å²) in [6.45, 7) is 22.3. The quantitative estimate of drug-likeness (QED) is 0.0485. The van der Waals surface area contributed by atoms with Gasteiger partial charge < -0.3 is 59.3 Å². The van der Waals surface area contributed by atoms with Crippen LogP contribution < -0.4 is 20.7 Å². The Labute approximate surface area is 448 Å². The molecule has 3 aromatic rings. The highest BCUT2D eigenvalue weighted by Gasteiger charge is 2.36. The van der Waals surface area contributed by atoms with Crippen LogP contribution in [0.3, 0.4) is 0 Å². The summed E-state index contributed by atoms with van der Waals surface area (Å²) in [5, 5.41) is 31.5. The van der Waals surface area contributed by atoms with Gasteiger partial charge in [0.15, 0.2) is 11.6 Å². The maximum absolute atomic E-state index is 14.0. The second-order valence-corrected chi connectivity index (χ2v) is 23.9. The molecule has 0 saturated carbocycles. The normalized spacial score (nSPS) is 17.9. The second kappa shape index (κ2) is 30.0. The molecule has 2 amide bonds. The minimum atomic E-state index is -4.03. The number of carbonyl (C=O) groups excluding carboxylic acids is 2. The van der Waals surface area contributed by atoms with Crippen LogP contribution in [0.1, 0.15) is 119 Å². The average molecular weight is 1070 g/mol. The number of amides is 2. The molecule has 6 atom stereocenters. The third kappa shape index (κ3) is 23.0. The molecule has 5 N–H and O–H groups in total. The van der Waals surface area contributed by atoms with Crippen LogP contribution in [0.15, 0.2) is 89.8 Å². The molecule has 18 heteroatoms. The van der Waals surface area contributed by atoms with Crippen LogP contribution in [-0.4, -0.2) is 142 Å². The minimum absolute atomic E-state index is 0.0313. The Balaban J connectivity index is 0.000000339. The highest BCUT2D eigenvalue weighted by atomic mass is 32.2. The van der Waals surface area contributed by atoms with E-state index in [1.54, 1.807) is 32.9 Å². The van der Waals surface area contributed by atoms with E-state index in [0.29, 0.717) is 70.3 Å². The van der Waals surface area contributed by atoms with Crippen molar-refractivity contribution in [1.82, 2.24) is 20.3 Å². The van der Waals surface area contributed by atoms with Crippen molar-refractivity contribution in [1.29, 1.82) is 0 Å². The maximum atomic E-state index is 14.0. The molecule has 5 rings (SSSR count). The minimum Gasteiger partial charge on any atom is -0.497 e. The average Bonchev–Trinajstić information content (AvgIpc) is 4.00. The topological polar surface area (TPSA) is 213 Å². The van der Waals surface area contributed by atoms with Gasteiger partial charge >= 0.3 is 12.2 Å². The Hall–Kier alpha value is -4.37. The molecule has 2 aliphatic heterocycles. The molecule has 75 heavy (non-hydrogen) atoms. The van der Waals surface area contributed by atoms with Crippen LogP contribution in [-0.2, 0) is 51.3 Å². The van der Waals surface area contributed by atoms with Gasteiger partial charge in [-0.2, -0.15) is 4.31 Å². The van der Waals surface area contributed by atoms with Crippen molar-refractivity contribution in [3.8, 4) is 5.75 Å². The van der Waals surface area contributed by atoms with Gasteiger partial charge in [0.1, 0.15) is 17.0 Å². The van der Waals surface area contributed by atoms with E-state index in [1.165, 1.54) is 23.5 Å². The van der Waals surface area contributed by atoms with Gasteiger partial charge in [-0.05, 0) is 135 Å². The predicted molar refractivity (Wildman–Crippen MR) is 290 cm³/mol. The van der Waals surface area contributed by atoms with E-state index in [0.717, 1.165) is 36.9 Å². The first-order valence-electron chi connectivity index (χ1n) is 26.7. The van der Waals surface area contributed by atoms with Crippen molar-refractivity contribution in [3.05, 3.63) is 96.1 Å². The highest BCUT2D eigenvalue weighted by molar-refractivity contribution is 7.89. The molecule has 3 aromatic carbocycles. The number of benzene rings is 3. The van der Waals surface area contributed by atoms with E-state index in [1.807, 2.05) is 102 Å². The Kier molecular flexibility index (Phi) is 25.2. The van der Waals surface area contributed by atoms with Crippen LogP contribution in [0.5, 0.6) is 5.75 Å². The summed E-state index contributed by atoms with van der Waals surface area (Å²) in [6.07, 6.45) is 2.47. The lowest BCUT2D eigenvalue weighted by Crippen LogP contribution is -2.52. The van der Waals surface area contributed by atoms with Gasteiger partial charge in [0.2, 0.25) is 10.0 Å². The predicted octanol–water partition coefficient (Wildman–Crippen LogP) is 8.39. The first kappa shape index (κ1) is 63.2. The molecular weight excluding hydrogens is 981 g/mol. The van der Waals surface area contributed by atoms with Crippen molar-refractivity contribution in [3.63, 3.8) is 0 Å². The number of hydrogen-bond donors (Lipinski definition) is 5. The zero-order chi connectivity index (χ0) is 55.3.